The minimum atomic E-state index is -0.765. The number of urea groups is 2. The van der Waals surface area contributed by atoms with Crippen LogP contribution in [0.2, 0.25) is 5.02 Å². The molecule has 8 nitrogen and oxygen atoms in total. The van der Waals surface area contributed by atoms with Crippen LogP contribution in [0.25, 0.3) is 0 Å². The van der Waals surface area contributed by atoms with Crippen LogP contribution in [0.1, 0.15) is 12.5 Å². The Hall–Kier alpha value is -2.97. The molecular formula is C20H23ClN4O4. The molecule has 2 aromatic carbocycles. The fraction of sp³-hybridized carbons (Fsp3) is 0.300. The highest BCUT2D eigenvalue weighted by Gasteiger charge is 2.38. The van der Waals surface area contributed by atoms with E-state index in [-0.39, 0.29) is 19.7 Å². The summed E-state index contributed by atoms with van der Waals surface area (Å²) in [4.78, 5) is 27.7. The van der Waals surface area contributed by atoms with Gasteiger partial charge in [0.05, 0.1) is 26.3 Å². The summed E-state index contributed by atoms with van der Waals surface area (Å²) >= 11 is 5.94. The molecule has 1 aliphatic rings. The van der Waals surface area contributed by atoms with Gasteiger partial charge in [-0.1, -0.05) is 23.7 Å². The Kier molecular flexibility index (Phi) is 6.79. The summed E-state index contributed by atoms with van der Waals surface area (Å²) in [5.41, 5.74) is 1.56. The number of hydrogen-bond donors (Lipinski definition) is 3. The van der Waals surface area contributed by atoms with Gasteiger partial charge in [-0.25, -0.2) is 14.5 Å². The predicted octanol–water partition coefficient (Wildman–Crippen LogP) is 3.07. The van der Waals surface area contributed by atoms with Crippen LogP contribution in [0.4, 0.5) is 15.3 Å². The van der Waals surface area contributed by atoms with E-state index in [9.17, 15) is 14.7 Å². The van der Waals surface area contributed by atoms with E-state index >= 15 is 0 Å². The van der Waals surface area contributed by atoms with Gasteiger partial charge in [0, 0.05) is 10.7 Å². The van der Waals surface area contributed by atoms with Gasteiger partial charge in [0.2, 0.25) is 0 Å². The highest BCUT2D eigenvalue weighted by molar-refractivity contribution is 6.30. The number of ether oxygens (including phenoxy) is 1. The number of halogens is 1. The topological polar surface area (TPSA) is 94.1 Å². The molecule has 1 aliphatic heterocycles. The van der Waals surface area contributed by atoms with Crippen LogP contribution in [0, 0.1) is 0 Å². The fourth-order valence-corrected chi connectivity index (χ4v) is 3.08. The SMILES string of the molecule is CCOc1ccc(NC2NC(=O)N(CCO)C(=O)N2Cc2ccc(Cl)cc2)cc1. The lowest BCUT2D eigenvalue weighted by Crippen LogP contribution is -2.67. The maximum absolute atomic E-state index is 12.9. The first-order chi connectivity index (χ1) is 14.0. The Bertz CT molecular complexity index is 845. The molecule has 0 bridgehead atoms. The van der Waals surface area contributed by atoms with Gasteiger partial charge in [0.15, 0.2) is 6.29 Å². The van der Waals surface area contributed by atoms with Crippen molar-refractivity contribution in [2.24, 2.45) is 0 Å². The maximum Gasteiger partial charge on any atom is 0.331 e. The molecule has 29 heavy (non-hydrogen) atoms. The molecule has 1 saturated heterocycles. The van der Waals surface area contributed by atoms with Gasteiger partial charge >= 0.3 is 12.1 Å². The molecule has 1 heterocycles. The highest BCUT2D eigenvalue weighted by atomic mass is 35.5. The summed E-state index contributed by atoms with van der Waals surface area (Å²) in [7, 11) is 0. The van der Waals surface area contributed by atoms with Gasteiger partial charge in [-0.3, -0.25) is 10.2 Å². The van der Waals surface area contributed by atoms with Crippen molar-refractivity contribution in [3.63, 3.8) is 0 Å². The van der Waals surface area contributed by atoms with Gasteiger partial charge in [-0.05, 0) is 48.9 Å². The van der Waals surface area contributed by atoms with E-state index in [1.165, 1.54) is 4.90 Å². The van der Waals surface area contributed by atoms with Crippen LogP contribution in [0.15, 0.2) is 48.5 Å². The normalized spacial score (nSPS) is 16.6. The fourth-order valence-electron chi connectivity index (χ4n) is 2.95. The molecule has 3 rings (SSSR count). The molecule has 4 amide bonds. The summed E-state index contributed by atoms with van der Waals surface area (Å²) in [6.07, 6.45) is -0.765. The van der Waals surface area contributed by atoms with E-state index in [1.807, 2.05) is 31.2 Å². The van der Waals surface area contributed by atoms with Crippen molar-refractivity contribution in [1.29, 1.82) is 0 Å². The number of carbonyl (C=O) groups is 2. The summed E-state index contributed by atoms with van der Waals surface area (Å²) in [6.45, 7) is 2.31. The summed E-state index contributed by atoms with van der Waals surface area (Å²) in [5, 5.41) is 15.7. The summed E-state index contributed by atoms with van der Waals surface area (Å²) < 4.78 is 5.43. The third-order valence-corrected chi connectivity index (χ3v) is 4.60. The molecule has 2 aromatic rings. The quantitative estimate of drug-likeness (QED) is 0.612. The molecule has 0 aromatic heterocycles. The average Bonchev–Trinajstić information content (AvgIpc) is 2.71. The summed E-state index contributed by atoms with van der Waals surface area (Å²) in [5.74, 6) is 0.731. The number of anilines is 1. The van der Waals surface area contributed by atoms with E-state index in [2.05, 4.69) is 10.6 Å². The molecule has 9 heteroatoms. The first-order valence-electron chi connectivity index (χ1n) is 9.25. The lowest BCUT2D eigenvalue weighted by molar-refractivity contribution is 0.0992. The van der Waals surface area contributed by atoms with Crippen LogP contribution in [0.3, 0.4) is 0 Å². The van der Waals surface area contributed by atoms with Crippen molar-refractivity contribution >= 4 is 29.4 Å². The zero-order chi connectivity index (χ0) is 20.8. The molecule has 1 unspecified atom stereocenters. The van der Waals surface area contributed by atoms with Crippen molar-refractivity contribution in [3.05, 3.63) is 59.1 Å². The van der Waals surface area contributed by atoms with Gasteiger partial charge in [0.1, 0.15) is 5.75 Å². The van der Waals surface area contributed by atoms with Crippen LogP contribution in [-0.4, -0.2) is 53.0 Å². The number of rotatable bonds is 8. The molecule has 0 radical (unpaired) electrons. The molecule has 3 N–H and O–H groups in total. The number of nitrogens with zero attached hydrogens (tertiary/aromatic N) is 2. The van der Waals surface area contributed by atoms with Crippen LogP contribution < -0.4 is 15.4 Å². The minimum absolute atomic E-state index is 0.0858. The molecule has 0 spiro atoms. The van der Waals surface area contributed by atoms with Gasteiger partial charge in [0.25, 0.3) is 0 Å². The van der Waals surface area contributed by atoms with Gasteiger partial charge < -0.3 is 15.2 Å². The summed E-state index contributed by atoms with van der Waals surface area (Å²) in [6, 6.07) is 13.3. The first-order valence-corrected chi connectivity index (χ1v) is 9.63. The Balaban J connectivity index is 1.81. The van der Waals surface area contributed by atoms with Gasteiger partial charge in [-0.15, -0.1) is 0 Å². The van der Waals surface area contributed by atoms with Crippen molar-refractivity contribution in [1.82, 2.24) is 15.1 Å². The highest BCUT2D eigenvalue weighted by Crippen LogP contribution is 2.21. The van der Waals surface area contributed by atoms with Crippen molar-refractivity contribution < 1.29 is 19.4 Å². The molecule has 0 aliphatic carbocycles. The van der Waals surface area contributed by atoms with Crippen molar-refractivity contribution in [3.8, 4) is 5.75 Å². The van der Waals surface area contributed by atoms with Gasteiger partial charge in [-0.2, -0.15) is 0 Å². The number of β-amino-alcohol motifs (C(OH)–C–C–N with tert-alkyl or cyclic N) is 1. The third kappa shape index (κ3) is 5.10. The van der Waals surface area contributed by atoms with E-state index in [1.54, 1.807) is 24.3 Å². The Morgan fingerprint density at radius 2 is 1.83 bits per heavy atom. The molecule has 0 saturated carbocycles. The number of aliphatic hydroxyl groups excluding tert-OH is 1. The molecule has 1 fully saturated rings. The first kappa shape index (κ1) is 20.8. The monoisotopic (exact) mass is 418 g/mol. The largest absolute Gasteiger partial charge is 0.494 e. The van der Waals surface area contributed by atoms with Crippen molar-refractivity contribution in [2.75, 3.05) is 25.1 Å². The number of benzene rings is 2. The minimum Gasteiger partial charge on any atom is -0.494 e. The number of aliphatic hydroxyl groups is 1. The predicted molar refractivity (Wildman–Crippen MR) is 110 cm³/mol. The number of imide groups is 1. The van der Waals surface area contributed by atoms with E-state index in [4.69, 9.17) is 16.3 Å². The van der Waals surface area contributed by atoms with Crippen LogP contribution in [0.5, 0.6) is 5.75 Å². The second kappa shape index (κ2) is 9.49. The third-order valence-electron chi connectivity index (χ3n) is 4.35. The zero-order valence-corrected chi connectivity index (χ0v) is 16.7. The second-order valence-electron chi connectivity index (χ2n) is 6.37. The maximum atomic E-state index is 12.9. The molecule has 1 atom stereocenters. The number of nitrogens with one attached hydrogen (secondary N) is 2. The standard InChI is InChI=1S/C20H23ClN4O4/c1-2-29-17-9-7-16(8-10-17)22-18-23-19(27)24(11-12-26)20(28)25(18)13-14-3-5-15(21)6-4-14/h3-10,18,22,26H,2,11-13H2,1H3,(H,23,27). The van der Waals surface area contributed by atoms with Crippen LogP contribution >= 0.6 is 11.6 Å². The zero-order valence-electron chi connectivity index (χ0n) is 16.0. The Labute approximate surface area is 174 Å². The lowest BCUT2D eigenvalue weighted by Gasteiger charge is -2.41. The Morgan fingerprint density at radius 1 is 1.14 bits per heavy atom. The van der Waals surface area contributed by atoms with Crippen molar-refractivity contribution in [2.45, 2.75) is 19.8 Å². The van der Waals surface area contributed by atoms with E-state index < -0.39 is 18.4 Å². The lowest BCUT2D eigenvalue weighted by atomic mass is 10.2. The second-order valence-corrected chi connectivity index (χ2v) is 6.80. The number of hydrogen-bond acceptors (Lipinski definition) is 5. The van der Waals surface area contributed by atoms with Crippen LogP contribution in [-0.2, 0) is 6.54 Å². The van der Waals surface area contributed by atoms with E-state index in [0.29, 0.717) is 17.3 Å². The van der Waals surface area contributed by atoms with E-state index in [0.717, 1.165) is 16.2 Å². The smallest absolute Gasteiger partial charge is 0.331 e. The Morgan fingerprint density at radius 3 is 2.45 bits per heavy atom. The number of carbonyl (C=O) groups excluding carboxylic acids is 2. The molecule has 154 valence electrons. The average molecular weight is 419 g/mol. The molecular weight excluding hydrogens is 396 g/mol. The number of amides is 4.